The van der Waals surface area contributed by atoms with Gasteiger partial charge in [0.05, 0.1) is 0 Å². The first-order chi connectivity index (χ1) is 6.65. The summed E-state index contributed by atoms with van der Waals surface area (Å²) in [5, 5.41) is 0. The van der Waals surface area contributed by atoms with Crippen molar-refractivity contribution < 1.29 is 0 Å². The molecule has 0 spiro atoms. The van der Waals surface area contributed by atoms with E-state index in [0.717, 1.165) is 4.90 Å². The van der Waals surface area contributed by atoms with Gasteiger partial charge in [0.15, 0.2) is 0 Å². The highest BCUT2D eigenvalue weighted by Crippen LogP contribution is 2.20. The number of hydrogen-bond acceptors (Lipinski definition) is 1. The Kier molecular flexibility index (Phi) is 4.02. The van der Waals surface area contributed by atoms with Crippen LogP contribution < -0.4 is 0 Å². The minimum absolute atomic E-state index is 1.05. The highest BCUT2D eigenvalue weighted by Gasteiger charge is 1.97. The second-order valence-corrected chi connectivity index (χ2v) is 3.86. The van der Waals surface area contributed by atoms with Gasteiger partial charge in [-0.15, -0.1) is 12.6 Å². The highest BCUT2D eigenvalue weighted by molar-refractivity contribution is 7.80. The molecule has 1 heteroatoms. The van der Waals surface area contributed by atoms with Gasteiger partial charge in [0.1, 0.15) is 0 Å². The second kappa shape index (κ2) is 5.06. The lowest BCUT2D eigenvalue weighted by Crippen LogP contribution is -1.82. The Hall–Kier alpha value is -0.950. The molecule has 0 unspecified atom stereocenters. The van der Waals surface area contributed by atoms with E-state index < -0.39 is 0 Å². The van der Waals surface area contributed by atoms with Crippen LogP contribution in [0.3, 0.4) is 0 Å². The van der Waals surface area contributed by atoms with E-state index in [1.165, 1.54) is 16.7 Å². The van der Waals surface area contributed by atoms with Crippen molar-refractivity contribution in [3.05, 3.63) is 47.6 Å². The van der Waals surface area contributed by atoms with Crippen LogP contribution in [0.15, 0.2) is 41.3 Å². The van der Waals surface area contributed by atoms with Gasteiger partial charge in [-0.2, -0.15) is 0 Å². The first-order valence-corrected chi connectivity index (χ1v) is 5.19. The molecule has 0 atom stereocenters. The van der Waals surface area contributed by atoms with E-state index in [-0.39, 0.29) is 0 Å². The van der Waals surface area contributed by atoms with Crippen molar-refractivity contribution in [2.24, 2.45) is 0 Å². The third kappa shape index (κ3) is 2.78. The van der Waals surface area contributed by atoms with E-state index in [1.54, 1.807) is 0 Å². The van der Waals surface area contributed by atoms with Crippen LogP contribution in [-0.2, 0) is 0 Å². The van der Waals surface area contributed by atoms with Gasteiger partial charge < -0.3 is 0 Å². The fraction of sp³-hybridized carbons (Fsp3) is 0.231. The summed E-state index contributed by atoms with van der Waals surface area (Å²) in [4.78, 5) is 1.05. The average molecular weight is 204 g/mol. The normalized spacial score (nSPS) is 12.4. The van der Waals surface area contributed by atoms with Gasteiger partial charge in [0.25, 0.3) is 0 Å². The third-order valence-electron chi connectivity index (χ3n) is 2.20. The molecule has 0 radical (unpaired) electrons. The number of hydrogen-bond donors (Lipinski definition) is 1. The Labute approximate surface area is 91.8 Å². The summed E-state index contributed by atoms with van der Waals surface area (Å²) in [5.74, 6) is 0. The smallest absolute Gasteiger partial charge is 0.00752 e. The fourth-order valence-corrected chi connectivity index (χ4v) is 1.41. The first kappa shape index (κ1) is 11.1. The van der Waals surface area contributed by atoms with Gasteiger partial charge in [-0.05, 0) is 43.5 Å². The van der Waals surface area contributed by atoms with Gasteiger partial charge >= 0.3 is 0 Å². The largest absolute Gasteiger partial charge is 0.143 e. The maximum Gasteiger partial charge on any atom is 0.00752 e. The average Bonchev–Trinajstić information content (AvgIpc) is 2.18. The lowest BCUT2D eigenvalue weighted by Gasteiger charge is -2.04. The van der Waals surface area contributed by atoms with Crippen LogP contribution >= 0.6 is 12.6 Å². The second-order valence-electron chi connectivity index (χ2n) is 3.38. The summed E-state index contributed by atoms with van der Waals surface area (Å²) in [5.41, 5.74) is 3.72. The van der Waals surface area contributed by atoms with E-state index in [4.69, 9.17) is 0 Å². The summed E-state index contributed by atoms with van der Waals surface area (Å²) >= 11 is 4.41. The molecular weight excluding hydrogens is 188 g/mol. The molecule has 0 saturated heterocycles. The quantitative estimate of drug-likeness (QED) is 0.540. The minimum Gasteiger partial charge on any atom is -0.143 e. The summed E-state index contributed by atoms with van der Waals surface area (Å²) in [6, 6.07) is 6.34. The topological polar surface area (TPSA) is 0 Å². The first-order valence-electron chi connectivity index (χ1n) is 4.74. The predicted octanol–water partition coefficient (Wildman–Crippen LogP) is 4.26. The molecule has 1 aromatic rings. The number of benzene rings is 1. The molecule has 0 aromatic heterocycles. The van der Waals surface area contributed by atoms with Crippen molar-refractivity contribution in [2.75, 3.05) is 0 Å². The SMILES string of the molecule is C/C=C\C=C(/C)c1ccc(C)c(S)c1. The molecule has 0 amide bonds. The molecule has 0 N–H and O–H groups in total. The van der Waals surface area contributed by atoms with E-state index in [9.17, 15) is 0 Å². The lowest BCUT2D eigenvalue weighted by molar-refractivity contribution is 1.29. The van der Waals surface area contributed by atoms with Crippen molar-refractivity contribution >= 4 is 18.2 Å². The predicted molar refractivity (Wildman–Crippen MR) is 66.9 cm³/mol. The standard InChI is InChI=1S/C13H16S/c1-4-5-6-10(2)12-8-7-11(3)13(14)9-12/h4-9,14H,1-3H3/b5-4-,10-6+. The van der Waals surface area contributed by atoms with Gasteiger partial charge in [-0.3, -0.25) is 0 Å². The number of thiol groups is 1. The third-order valence-corrected chi connectivity index (χ3v) is 2.68. The van der Waals surface area contributed by atoms with E-state index in [1.807, 2.05) is 19.1 Å². The molecule has 0 aliphatic heterocycles. The van der Waals surface area contributed by atoms with Crippen molar-refractivity contribution in [3.8, 4) is 0 Å². The molecule has 0 saturated carbocycles. The van der Waals surface area contributed by atoms with Crippen molar-refractivity contribution in [1.29, 1.82) is 0 Å². The van der Waals surface area contributed by atoms with Crippen LogP contribution in [0.5, 0.6) is 0 Å². The fourth-order valence-electron chi connectivity index (χ4n) is 1.19. The molecule has 0 aliphatic carbocycles. The van der Waals surface area contributed by atoms with E-state index in [2.05, 4.69) is 50.8 Å². The van der Waals surface area contributed by atoms with Crippen LogP contribution in [0.2, 0.25) is 0 Å². The molecule has 1 rings (SSSR count). The highest BCUT2D eigenvalue weighted by atomic mass is 32.1. The molecular formula is C13H16S. The zero-order valence-electron chi connectivity index (χ0n) is 8.91. The molecule has 0 aliphatic rings. The minimum atomic E-state index is 1.05. The van der Waals surface area contributed by atoms with E-state index in [0.29, 0.717) is 0 Å². The van der Waals surface area contributed by atoms with Gasteiger partial charge in [0.2, 0.25) is 0 Å². The van der Waals surface area contributed by atoms with Crippen LogP contribution in [0.1, 0.15) is 25.0 Å². The summed E-state index contributed by atoms with van der Waals surface area (Å²) < 4.78 is 0. The molecule has 74 valence electrons. The zero-order chi connectivity index (χ0) is 10.6. The monoisotopic (exact) mass is 204 g/mol. The molecule has 0 bridgehead atoms. The molecule has 0 heterocycles. The van der Waals surface area contributed by atoms with Gasteiger partial charge in [-0.25, -0.2) is 0 Å². The molecule has 14 heavy (non-hydrogen) atoms. The van der Waals surface area contributed by atoms with Crippen LogP contribution in [-0.4, -0.2) is 0 Å². The Morgan fingerprint density at radius 2 is 2.07 bits per heavy atom. The van der Waals surface area contributed by atoms with Crippen LogP contribution in [0.4, 0.5) is 0 Å². The summed E-state index contributed by atoms with van der Waals surface area (Å²) in [6.45, 7) is 6.19. The van der Waals surface area contributed by atoms with Gasteiger partial charge in [-0.1, -0.05) is 30.4 Å². The maximum absolute atomic E-state index is 4.41. The lowest BCUT2D eigenvalue weighted by atomic mass is 10.1. The van der Waals surface area contributed by atoms with Crippen molar-refractivity contribution in [3.63, 3.8) is 0 Å². The Morgan fingerprint density at radius 1 is 1.36 bits per heavy atom. The molecule has 1 aromatic carbocycles. The Balaban J connectivity index is 3.02. The van der Waals surface area contributed by atoms with Crippen LogP contribution in [0, 0.1) is 6.92 Å². The Bertz CT molecular complexity index is 373. The maximum atomic E-state index is 4.41. The number of rotatable bonds is 2. The van der Waals surface area contributed by atoms with Gasteiger partial charge in [0, 0.05) is 4.90 Å². The van der Waals surface area contributed by atoms with E-state index >= 15 is 0 Å². The summed E-state index contributed by atoms with van der Waals surface area (Å²) in [7, 11) is 0. The number of aryl methyl sites for hydroxylation is 1. The van der Waals surface area contributed by atoms with Crippen molar-refractivity contribution in [1.82, 2.24) is 0 Å². The molecule has 0 nitrogen and oxygen atoms in total. The summed E-state index contributed by atoms with van der Waals surface area (Å²) in [6.07, 6.45) is 6.19. The number of allylic oxidation sites excluding steroid dienone is 4. The zero-order valence-corrected chi connectivity index (χ0v) is 9.81. The van der Waals surface area contributed by atoms with Crippen LogP contribution in [0.25, 0.3) is 5.57 Å². The molecule has 0 fully saturated rings. The van der Waals surface area contributed by atoms with Crippen molar-refractivity contribution in [2.45, 2.75) is 25.7 Å². The Morgan fingerprint density at radius 3 is 2.64 bits per heavy atom.